The van der Waals surface area contributed by atoms with Crippen molar-refractivity contribution >= 4 is 33.2 Å². The predicted octanol–water partition coefficient (Wildman–Crippen LogP) is 4.40. The number of nitrogens with two attached hydrogens (primary N) is 1. The van der Waals surface area contributed by atoms with Crippen molar-refractivity contribution in [2.75, 3.05) is 5.73 Å². The quantitative estimate of drug-likeness (QED) is 0.846. The summed E-state index contributed by atoms with van der Waals surface area (Å²) in [5, 5.41) is 0.584. The third kappa shape index (κ3) is 3.15. The molecule has 0 radical (unpaired) electrons. The summed E-state index contributed by atoms with van der Waals surface area (Å²) < 4.78 is 18.9. The highest BCUT2D eigenvalue weighted by molar-refractivity contribution is 9.10. The molecule has 0 amide bonds. The SMILES string of the molecule is Nc1cc(Cl)ccc1COc1ccc(F)c(Br)c1. The minimum Gasteiger partial charge on any atom is -0.489 e. The van der Waals surface area contributed by atoms with Gasteiger partial charge in [-0.3, -0.25) is 0 Å². The third-order valence-corrected chi connectivity index (χ3v) is 3.24. The van der Waals surface area contributed by atoms with Gasteiger partial charge in [0, 0.05) is 16.3 Å². The van der Waals surface area contributed by atoms with E-state index in [9.17, 15) is 4.39 Å². The lowest BCUT2D eigenvalue weighted by Gasteiger charge is -2.09. The number of rotatable bonds is 3. The van der Waals surface area contributed by atoms with Gasteiger partial charge in [-0.05, 0) is 46.3 Å². The first-order valence-corrected chi connectivity index (χ1v) is 6.35. The van der Waals surface area contributed by atoms with Gasteiger partial charge in [-0.25, -0.2) is 4.39 Å². The van der Waals surface area contributed by atoms with Crippen LogP contribution in [0.5, 0.6) is 5.75 Å². The average Bonchev–Trinajstić information content (AvgIpc) is 2.32. The lowest BCUT2D eigenvalue weighted by atomic mass is 10.2. The zero-order valence-corrected chi connectivity index (χ0v) is 11.6. The standard InChI is InChI=1S/C13H10BrClFNO/c14-11-6-10(3-4-12(11)16)18-7-8-1-2-9(15)5-13(8)17/h1-6H,7,17H2. The van der Waals surface area contributed by atoms with Crippen LogP contribution in [0.1, 0.15) is 5.56 Å². The van der Waals surface area contributed by atoms with E-state index in [4.69, 9.17) is 22.1 Å². The molecular formula is C13H10BrClFNO. The minimum atomic E-state index is -0.326. The van der Waals surface area contributed by atoms with Gasteiger partial charge < -0.3 is 10.5 Å². The third-order valence-electron chi connectivity index (χ3n) is 2.39. The van der Waals surface area contributed by atoms with Crippen molar-refractivity contribution in [2.24, 2.45) is 0 Å². The van der Waals surface area contributed by atoms with Crippen LogP contribution >= 0.6 is 27.5 Å². The zero-order valence-electron chi connectivity index (χ0n) is 9.29. The van der Waals surface area contributed by atoms with Crippen molar-refractivity contribution in [2.45, 2.75) is 6.61 Å². The molecule has 0 bridgehead atoms. The molecule has 18 heavy (non-hydrogen) atoms. The van der Waals surface area contributed by atoms with E-state index in [1.54, 1.807) is 30.3 Å². The molecule has 0 aliphatic heterocycles. The highest BCUT2D eigenvalue weighted by atomic mass is 79.9. The molecular weight excluding hydrogens is 321 g/mol. The molecule has 0 aliphatic carbocycles. The normalized spacial score (nSPS) is 10.4. The molecule has 2 nitrogen and oxygen atoms in total. The van der Waals surface area contributed by atoms with Crippen molar-refractivity contribution in [3.05, 3.63) is 57.3 Å². The van der Waals surface area contributed by atoms with Crippen LogP contribution < -0.4 is 10.5 Å². The number of anilines is 1. The van der Waals surface area contributed by atoms with E-state index in [0.29, 0.717) is 27.5 Å². The first kappa shape index (κ1) is 13.2. The number of hydrogen-bond donors (Lipinski definition) is 1. The van der Waals surface area contributed by atoms with Crippen LogP contribution in [0.25, 0.3) is 0 Å². The smallest absolute Gasteiger partial charge is 0.137 e. The van der Waals surface area contributed by atoms with E-state index in [1.807, 2.05) is 0 Å². The highest BCUT2D eigenvalue weighted by Crippen LogP contribution is 2.24. The molecule has 0 saturated heterocycles. The molecule has 0 aliphatic rings. The summed E-state index contributed by atoms with van der Waals surface area (Å²) >= 11 is 8.90. The van der Waals surface area contributed by atoms with Crippen LogP contribution in [0.2, 0.25) is 5.02 Å². The number of halogens is 3. The number of ether oxygens (including phenoxy) is 1. The van der Waals surface area contributed by atoms with Gasteiger partial charge in [-0.1, -0.05) is 17.7 Å². The van der Waals surface area contributed by atoms with Gasteiger partial charge >= 0.3 is 0 Å². The topological polar surface area (TPSA) is 35.2 Å². The van der Waals surface area contributed by atoms with E-state index in [2.05, 4.69) is 15.9 Å². The van der Waals surface area contributed by atoms with Crippen LogP contribution in [-0.4, -0.2) is 0 Å². The van der Waals surface area contributed by atoms with Crippen LogP contribution in [0.3, 0.4) is 0 Å². The Morgan fingerprint density at radius 3 is 2.67 bits per heavy atom. The zero-order chi connectivity index (χ0) is 13.1. The van der Waals surface area contributed by atoms with E-state index < -0.39 is 0 Å². The Kier molecular flexibility index (Phi) is 4.09. The maximum atomic E-state index is 13.0. The Balaban J connectivity index is 2.09. The summed E-state index contributed by atoms with van der Waals surface area (Å²) in [6.45, 7) is 0.307. The Hall–Kier alpha value is -1.26. The molecule has 2 aromatic carbocycles. The predicted molar refractivity (Wildman–Crippen MR) is 74.3 cm³/mol. The second kappa shape index (κ2) is 5.59. The largest absolute Gasteiger partial charge is 0.489 e. The van der Waals surface area contributed by atoms with Crippen LogP contribution in [0, 0.1) is 5.82 Å². The van der Waals surface area contributed by atoms with Crippen molar-refractivity contribution in [3.8, 4) is 5.75 Å². The first-order valence-electron chi connectivity index (χ1n) is 5.18. The van der Waals surface area contributed by atoms with Crippen molar-refractivity contribution in [1.29, 1.82) is 0 Å². The molecule has 2 rings (SSSR count). The summed E-state index contributed by atoms with van der Waals surface area (Å²) in [6.07, 6.45) is 0. The first-order chi connectivity index (χ1) is 8.56. The van der Waals surface area contributed by atoms with Gasteiger partial charge in [0.1, 0.15) is 18.2 Å². The summed E-state index contributed by atoms with van der Waals surface area (Å²) in [5.41, 5.74) is 7.21. The number of hydrogen-bond acceptors (Lipinski definition) is 2. The highest BCUT2D eigenvalue weighted by Gasteiger charge is 2.04. The van der Waals surface area contributed by atoms with Crippen molar-refractivity contribution in [1.82, 2.24) is 0 Å². The molecule has 0 aromatic heterocycles. The van der Waals surface area contributed by atoms with Crippen molar-refractivity contribution < 1.29 is 9.13 Å². The maximum absolute atomic E-state index is 13.0. The second-order valence-electron chi connectivity index (χ2n) is 3.71. The molecule has 2 aromatic rings. The lowest BCUT2D eigenvalue weighted by Crippen LogP contribution is -2.00. The van der Waals surface area contributed by atoms with Crippen LogP contribution in [0.15, 0.2) is 40.9 Å². The second-order valence-corrected chi connectivity index (χ2v) is 5.00. The molecule has 0 saturated carbocycles. The molecule has 0 fully saturated rings. The molecule has 2 N–H and O–H groups in total. The summed E-state index contributed by atoms with van der Waals surface area (Å²) in [5.74, 6) is 0.242. The van der Waals surface area contributed by atoms with Gasteiger partial charge in [0.05, 0.1) is 4.47 Å². The van der Waals surface area contributed by atoms with Gasteiger partial charge in [-0.2, -0.15) is 0 Å². The molecule has 0 atom stereocenters. The van der Waals surface area contributed by atoms with E-state index in [1.165, 1.54) is 6.07 Å². The minimum absolute atomic E-state index is 0.307. The molecule has 0 heterocycles. The fraction of sp³-hybridized carbons (Fsp3) is 0.0769. The fourth-order valence-corrected chi connectivity index (χ4v) is 1.96. The molecule has 5 heteroatoms. The summed E-state index contributed by atoms with van der Waals surface area (Å²) in [7, 11) is 0. The van der Waals surface area contributed by atoms with E-state index in [-0.39, 0.29) is 5.82 Å². The molecule has 0 unspecified atom stereocenters. The van der Waals surface area contributed by atoms with Crippen molar-refractivity contribution in [3.63, 3.8) is 0 Å². The number of benzene rings is 2. The van der Waals surface area contributed by atoms with Gasteiger partial charge in [0.25, 0.3) is 0 Å². The average molecular weight is 331 g/mol. The summed E-state index contributed by atoms with van der Waals surface area (Å²) in [4.78, 5) is 0. The molecule has 0 spiro atoms. The van der Waals surface area contributed by atoms with E-state index in [0.717, 1.165) is 5.56 Å². The maximum Gasteiger partial charge on any atom is 0.137 e. The van der Waals surface area contributed by atoms with Gasteiger partial charge in [0.15, 0.2) is 0 Å². The van der Waals surface area contributed by atoms with Crippen LogP contribution in [-0.2, 0) is 6.61 Å². The number of nitrogen functional groups attached to an aromatic ring is 1. The Bertz CT molecular complexity index is 577. The fourth-order valence-electron chi connectivity index (χ4n) is 1.42. The molecule has 94 valence electrons. The van der Waals surface area contributed by atoms with Crippen LogP contribution in [0.4, 0.5) is 10.1 Å². The Labute approximate surface area is 118 Å². The lowest BCUT2D eigenvalue weighted by molar-refractivity contribution is 0.306. The monoisotopic (exact) mass is 329 g/mol. The Morgan fingerprint density at radius 1 is 1.22 bits per heavy atom. The summed E-state index contributed by atoms with van der Waals surface area (Å²) in [6, 6.07) is 9.69. The Morgan fingerprint density at radius 2 is 2.00 bits per heavy atom. The van der Waals surface area contributed by atoms with E-state index >= 15 is 0 Å². The van der Waals surface area contributed by atoms with Gasteiger partial charge in [-0.15, -0.1) is 0 Å². The van der Waals surface area contributed by atoms with Gasteiger partial charge in [0.2, 0.25) is 0 Å².